The lowest BCUT2D eigenvalue weighted by molar-refractivity contribution is 1.07. The molecule has 0 saturated heterocycles. The van der Waals surface area contributed by atoms with Crippen LogP contribution in [0.4, 0.5) is 0 Å². The van der Waals surface area contributed by atoms with E-state index >= 15 is 0 Å². The SMILES string of the molecule is c1ccc(-c2cccc(-c3nc(-c4cccc(-c5ccccc5)c4)nc(-c4cccc(-n5c6ccccc6c6ccc(-c7ccccc7)cc65)c4)n3)c2)cc1. The zero-order valence-corrected chi connectivity index (χ0v) is 29.9. The van der Waals surface area contributed by atoms with Gasteiger partial charge in [0.15, 0.2) is 17.5 Å². The normalized spacial score (nSPS) is 11.3. The van der Waals surface area contributed by atoms with Crippen molar-refractivity contribution in [3.05, 3.63) is 206 Å². The molecule has 8 aromatic carbocycles. The number of aromatic nitrogens is 4. The molecule has 4 nitrogen and oxygen atoms in total. The predicted molar refractivity (Wildman–Crippen MR) is 227 cm³/mol. The van der Waals surface area contributed by atoms with E-state index in [4.69, 9.17) is 15.0 Å². The largest absolute Gasteiger partial charge is 0.309 e. The first-order chi connectivity index (χ1) is 27.2. The van der Waals surface area contributed by atoms with Crippen LogP contribution in [0, 0.1) is 0 Å². The van der Waals surface area contributed by atoms with Crippen molar-refractivity contribution in [1.82, 2.24) is 19.5 Å². The van der Waals surface area contributed by atoms with Gasteiger partial charge in [0.2, 0.25) is 0 Å². The summed E-state index contributed by atoms with van der Waals surface area (Å²) in [7, 11) is 0. The molecule has 258 valence electrons. The number of hydrogen-bond acceptors (Lipinski definition) is 3. The fraction of sp³-hybridized carbons (Fsp3) is 0. The maximum absolute atomic E-state index is 5.18. The number of benzene rings is 8. The van der Waals surface area contributed by atoms with Gasteiger partial charge in [0, 0.05) is 33.2 Å². The van der Waals surface area contributed by atoms with Crippen LogP contribution in [0.2, 0.25) is 0 Å². The fourth-order valence-electron chi connectivity index (χ4n) is 7.54. The van der Waals surface area contributed by atoms with Gasteiger partial charge in [0.1, 0.15) is 0 Å². The van der Waals surface area contributed by atoms with Crippen LogP contribution in [0.5, 0.6) is 0 Å². The van der Waals surface area contributed by atoms with Gasteiger partial charge in [0.05, 0.1) is 11.0 Å². The lowest BCUT2D eigenvalue weighted by Crippen LogP contribution is -2.01. The van der Waals surface area contributed by atoms with Crippen LogP contribution >= 0.6 is 0 Å². The highest BCUT2D eigenvalue weighted by Gasteiger charge is 2.17. The van der Waals surface area contributed by atoms with Gasteiger partial charge in [0.25, 0.3) is 0 Å². The van der Waals surface area contributed by atoms with E-state index in [0.717, 1.165) is 55.7 Å². The highest BCUT2D eigenvalue weighted by atomic mass is 15.0. The standard InChI is InChI=1S/C51H34N4/c1-4-15-35(16-5-1)38-21-12-23-41(31-38)49-52-50(42-24-13-22-39(32-42)36-17-6-2-7-18-36)54-51(53-49)43-25-14-26-44(33-43)55-47-28-11-10-27-45(47)46-30-29-40(34-48(46)55)37-19-8-3-9-20-37/h1-34H. The smallest absolute Gasteiger partial charge is 0.164 e. The van der Waals surface area contributed by atoms with E-state index in [1.807, 2.05) is 12.1 Å². The Morgan fingerprint density at radius 3 is 1.20 bits per heavy atom. The topological polar surface area (TPSA) is 43.6 Å². The molecule has 0 aliphatic carbocycles. The second kappa shape index (κ2) is 13.8. The number of nitrogens with zero attached hydrogens (tertiary/aromatic N) is 4. The third kappa shape index (κ3) is 6.16. The van der Waals surface area contributed by atoms with Crippen LogP contribution in [-0.2, 0) is 0 Å². The monoisotopic (exact) mass is 702 g/mol. The van der Waals surface area contributed by atoms with Gasteiger partial charge in [-0.15, -0.1) is 0 Å². The average molecular weight is 703 g/mol. The third-order valence-corrected chi connectivity index (χ3v) is 10.2. The molecule has 2 heterocycles. The fourth-order valence-corrected chi connectivity index (χ4v) is 7.54. The van der Waals surface area contributed by atoms with Gasteiger partial charge in [-0.1, -0.05) is 170 Å². The van der Waals surface area contributed by atoms with E-state index in [9.17, 15) is 0 Å². The molecular weight excluding hydrogens is 669 g/mol. The molecule has 4 heteroatoms. The van der Waals surface area contributed by atoms with Crippen molar-refractivity contribution in [3.8, 4) is 73.2 Å². The number of para-hydroxylation sites is 1. The lowest BCUT2D eigenvalue weighted by atomic mass is 10.0. The summed E-state index contributed by atoms with van der Waals surface area (Å²) >= 11 is 0. The average Bonchev–Trinajstić information content (AvgIpc) is 3.61. The molecule has 0 bridgehead atoms. The molecule has 0 radical (unpaired) electrons. The Labute approximate surface area is 319 Å². The molecule has 2 aromatic heterocycles. The molecule has 10 rings (SSSR count). The van der Waals surface area contributed by atoms with Crippen molar-refractivity contribution >= 4 is 21.8 Å². The van der Waals surface area contributed by atoms with E-state index in [1.165, 1.54) is 21.9 Å². The molecule has 0 atom stereocenters. The quantitative estimate of drug-likeness (QED) is 0.166. The Kier molecular flexibility index (Phi) is 8.12. The van der Waals surface area contributed by atoms with Gasteiger partial charge in [-0.05, 0) is 69.8 Å². The first kappa shape index (κ1) is 32.2. The maximum atomic E-state index is 5.18. The van der Waals surface area contributed by atoms with Crippen LogP contribution in [-0.4, -0.2) is 19.5 Å². The van der Waals surface area contributed by atoms with E-state index < -0.39 is 0 Å². The van der Waals surface area contributed by atoms with E-state index in [-0.39, 0.29) is 0 Å². The molecular formula is C51H34N4. The Morgan fingerprint density at radius 1 is 0.255 bits per heavy atom. The predicted octanol–water partition coefficient (Wildman–Crippen LogP) is 13.0. The number of rotatable bonds is 7. The van der Waals surface area contributed by atoms with Crippen LogP contribution < -0.4 is 0 Å². The zero-order valence-electron chi connectivity index (χ0n) is 29.9. The molecule has 0 aliphatic rings. The minimum absolute atomic E-state index is 0.614. The molecule has 0 fully saturated rings. The summed E-state index contributed by atoms with van der Waals surface area (Å²) in [5, 5.41) is 2.42. The number of hydrogen-bond donors (Lipinski definition) is 0. The molecule has 0 unspecified atom stereocenters. The number of fused-ring (bicyclic) bond motifs is 3. The molecule has 0 spiro atoms. The van der Waals surface area contributed by atoms with Crippen molar-refractivity contribution in [3.63, 3.8) is 0 Å². The third-order valence-electron chi connectivity index (χ3n) is 10.2. The summed E-state index contributed by atoms with van der Waals surface area (Å²) in [6.07, 6.45) is 0. The van der Waals surface area contributed by atoms with E-state index in [2.05, 4.69) is 199 Å². The molecule has 55 heavy (non-hydrogen) atoms. The van der Waals surface area contributed by atoms with Gasteiger partial charge >= 0.3 is 0 Å². The summed E-state index contributed by atoms with van der Waals surface area (Å²) in [5.41, 5.74) is 13.0. The minimum atomic E-state index is 0.614. The highest BCUT2D eigenvalue weighted by molar-refractivity contribution is 6.10. The molecule has 0 saturated carbocycles. The van der Waals surface area contributed by atoms with Crippen LogP contribution in [0.1, 0.15) is 0 Å². The maximum Gasteiger partial charge on any atom is 0.164 e. The summed E-state index contributed by atoms with van der Waals surface area (Å²) in [6.45, 7) is 0. The Bertz CT molecular complexity index is 2870. The van der Waals surface area contributed by atoms with Crippen LogP contribution in [0.15, 0.2) is 206 Å². The molecule has 0 N–H and O–H groups in total. The van der Waals surface area contributed by atoms with Crippen molar-refractivity contribution in [2.75, 3.05) is 0 Å². The van der Waals surface area contributed by atoms with Crippen molar-refractivity contribution in [2.24, 2.45) is 0 Å². The van der Waals surface area contributed by atoms with Crippen LogP contribution in [0.3, 0.4) is 0 Å². The summed E-state index contributed by atoms with van der Waals surface area (Å²) in [6, 6.07) is 72.2. The molecule has 0 aliphatic heterocycles. The summed E-state index contributed by atoms with van der Waals surface area (Å²) in [4.78, 5) is 15.5. The van der Waals surface area contributed by atoms with Crippen molar-refractivity contribution in [2.45, 2.75) is 0 Å². The second-order valence-electron chi connectivity index (χ2n) is 13.7. The highest BCUT2D eigenvalue weighted by Crippen LogP contribution is 2.36. The van der Waals surface area contributed by atoms with Gasteiger partial charge < -0.3 is 4.57 Å². The summed E-state index contributed by atoms with van der Waals surface area (Å²) in [5.74, 6) is 1.86. The molecule has 0 amide bonds. The van der Waals surface area contributed by atoms with Gasteiger partial charge in [-0.2, -0.15) is 0 Å². The van der Waals surface area contributed by atoms with Crippen LogP contribution in [0.25, 0.3) is 95.0 Å². The Balaban J connectivity index is 1.15. The van der Waals surface area contributed by atoms with E-state index in [0.29, 0.717) is 17.5 Å². The second-order valence-corrected chi connectivity index (χ2v) is 13.7. The first-order valence-electron chi connectivity index (χ1n) is 18.5. The Morgan fingerprint density at radius 2 is 0.655 bits per heavy atom. The summed E-state index contributed by atoms with van der Waals surface area (Å²) < 4.78 is 2.36. The van der Waals surface area contributed by atoms with Crippen molar-refractivity contribution in [1.29, 1.82) is 0 Å². The van der Waals surface area contributed by atoms with Crippen molar-refractivity contribution < 1.29 is 0 Å². The minimum Gasteiger partial charge on any atom is -0.309 e. The molecule has 10 aromatic rings. The first-order valence-corrected chi connectivity index (χ1v) is 18.5. The van der Waals surface area contributed by atoms with E-state index in [1.54, 1.807) is 0 Å². The van der Waals surface area contributed by atoms with Gasteiger partial charge in [-0.3, -0.25) is 0 Å². The zero-order chi connectivity index (χ0) is 36.6. The lowest BCUT2D eigenvalue weighted by Gasteiger charge is -2.13. The van der Waals surface area contributed by atoms with Gasteiger partial charge in [-0.25, -0.2) is 15.0 Å². The Hall–Kier alpha value is -7.43.